The van der Waals surface area contributed by atoms with Crippen molar-refractivity contribution in [1.29, 1.82) is 0 Å². The largest absolute Gasteiger partial charge is 0.462 e. The average Bonchev–Trinajstić information content (AvgIpc) is 2.73. The van der Waals surface area contributed by atoms with Gasteiger partial charge in [0.05, 0.1) is 0 Å². The fourth-order valence-corrected chi connectivity index (χ4v) is 2.55. The predicted molar refractivity (Wildman–Crippen MR) is 113 cm³/mol. The first kappa shape index (κ1) is 27.1. The van der Waals surface area contributed by atoms with Crippen molar-refractivity contribution in [1.82, 2.24) is 0 Å². The van der Waals surface area contributed by atoms with Crippen LogP contribution in [0.4, 0.5) is 0 Å². The van der Waals surface area contributed by atoms with Crippen molar-refractivity contribution in [3.8, 4) is 0 Å². The average molecular weight is 413 g/mol. The summed E-state index contributed by atoms with van der Waals surface area (Å²) < 4.78 is 15.3. The molecule has 0 rings (SSSR count). The molecule has 0 aromatic rings. The first-order valence-electron chi connectivity index (χ1n) is 11.2. The van der Waals surface area contributed by atoms with Gasteiger partial charge < -0.3 is 14.2 Å². The second kappa shape index (κ2) is 19.5. The molecular formula is C23H40O6. The van der Waals surface area contributed by atoms with E-state index in [9.17, 15) is 14.4 Å². The maximum Gasteiger partial charge on any atom is 0.306 e. The zero-order chi connectivity index (χ0) is 21.7. The molecule has 0 saturated heterocycles. The van der Waals surface area contributed by atoms with E-state index >= 15 is 0 Å². The number of unbranched alkanes of at least 4 members (excludes halogenated alkanes) is 7. The normalized spacial score (nSPS) is 12.0. The lowest BCUT2D eigenvalue weighted by Gasteiger charge is -2.17. The molecule has 0 aliphatic rings. The maximum atomic E-state index is 11.9. The highest BCUT2D eigenvalue weighted by atomic mass is 16.6. The molecule has 1 unspecified atom stereocenters. The molecular weight excluding hydrogens is 372 g/mol. The topological polar surface area (TPSA) is 78.9 Å². The van der Waals surface area contributed by atoms with Gasteiger partial charge in [-0.25, -0.2) is 0 Å². The number of carbonyl (C=O) groups excluding carboxylic acids is 3. The van der Waals surface area contributed by atoms with Gasteiger partial charge >= 0.3 is 17.9 Å². The Morgan fingerprint density at radius 1 is 0.690 bits per heavy atom. The van der Waals surface area contributed by atoms with Gasteiger partial charge in [-0.3, -0.25) is 14.4 Å². The van der Waals surface area contributed by atoms with E-state index in [1.54, 1.807) is 13.8 Å². The zero-order valence-electron chi connectivity index (χ0n) is 18.6. The van der Waals surface area contributed by atoms with Gasteiger partial charge in [-0.1, -0.05) is 65.0 Å². The van der Waals surface area contributed by atoms with Crippen LogP contribution in [0, 0.1) is 0 Å². The van der Waals surface area contributed by atoms with Crippen molar-refractivity contribution in [3.05, 3.63) is 12.2 Å². The third-order valence-corrected chi connectivity index (χ3v) is 4.38. The second-order valence-corrected chi connectivity index (χ2v) is 7.11. The minimum atomic E-state index is -0.757. The molecule has 6 heteroatoms. The quantitative estimate of drug-likeness (QED) is 0.132. The van der Waals surface area contributed by atoms with E-state index in [0.717, 1.165) is 25.7 Å². The third kappa shape index (κ3) is 17.9. The maximum absolute atomic E-state index is 11.9. The van der Waals surface area contributed by atoms with Gasteiger partial charge in [0.2, 0.25) is 0 Å². The molecule has 168 valence electrons. The van der Waals surface area contributed by atoms with Crippen LogP contribution in [-0.2, 0) is 28.6 Å². The van der Waals surface area contributed by atoms with Crippen molar-refractivity contribution in [3.63, 3.8) is 0 Å². The minimum absolute atomic E-state index is 0.0913. The molecule has 0 radical (unpaired) electrons. The van der Waals surface area contributed by atoms with Gasteiger partial charge in [0, 0.05) is 19.3 Å². The number of ether oxygens (including phenoxy) is 3. The monoisotopic (exact) mass is 412 g/mol. The molecule has 0 aliphatic carbocycles. The Bertz CT molecular complexity index is 472. The van der Waals surface area contributed by atoms with Crippen LogP contribution in [0.1, 0.15) is 97.8 Å². The lowest BCUT2D eigenvalue weighted by molar-refractivity contribution is -0.166. The molecule has 0 aromatic heterocycles. The smallest absolute Gasteiger partial charge is 0.306 e. The number of hydrogen-bond donors (Lipinski definition) is 0. The molecule has 0 fully saturated rings. The Labute approximate surface area is 176 Å². The number of rotatable bonds is 18. The van der Waals surface area contributed by atoms with Crippen LogP contribution in [0.15, 0.2) is 12.2 Å². The van der Waals surface area contributed by atoms with Crippen molar-refractivity contribution in [2.75, 3.05) is 13.2 Å². The predicted octanol–water partition coefficient (Wildman–Crippen LogP) is 5.28. The van der Waals surface area contributed by atoms with Gasteiger partial charge in [0.25, 0.3) is 0 Å². The Morgan fingerprint density at radius 3 is 1.86 bits per heavy atom. The molecule has 0 N–H and O–H groups in total. The highest BCUT2D eigenvalue weighted by Gasteiger charge is 2.18. The van der Waals surface area contributed by atoms with Crippen molar-refractivity contribution >= 4 is 17.9 Å². The van der Waals surface area contributed by atoms with Crippen molar-refractivity contribution in [2.24, 2.45) is 0 Å². The van der Waals surface area contributed by atoms with Crippen molar-refractivity contribution < 1.29 is 28.6 Å². The van der Waals surface area contributed by atoms with Crippen molar-refractivity contribution in [2.45, 2.75) is 104 Å². The summed E-state index contributed by atoms with van der Waals surface area (Å²) >= 11 is 0. The lowest BCUT2D eigenvalue weighted by Crippen LogP contribution is -2.30. The lowest BCUT2D eigenvalue weighted by atomic mass is 10.1. The van der Waals surface area contributed by atoms with Crippen LogP contribution < -0.4 is 0 Å². The van der Waals surface area contributed by atoms with E-state index in [4.69, 9.17) is 14.2 Å². The number of esters is 3. The molecule has 0 bridgehead atoms. The fraction of sp³-hybridized carbons (Fsp3) is 0.783. The molecule has 0 aliphatic heterocycles. The van der Waals surface area contributed by atoms with Crippen LogP contribution in [0.25, 0.3) is 0 Å². The number of hydrogen-bond acceptors (Lipinski definition) is 6. The van der Waals surface area contributed by atoms with E-state index in [1.807, 2.05) is 0 Å². The van der Waals surface area contributed by atoms with Crippen LogP contribution in [0.5, 0.6) is 0 Å². The summed E-state index contributed by atoms with van der Waals surface area (Å²) in [5, 5.41) is 0. The summed E-state index contributed by atoms with van der Waals surface area (Å²) in [6, 6.07) is 0. The summed E-state index contributed by atoms with van der Waals surface area (Å²) in [7, 11) is 0. The fourth-order valence-electron chi connectivity index (χ4n) is 2.55. The molecule has 0 saturated carbocycles. The zero-order valence-corrected chi connectivity index (χ0v) is 18.6. The van der Waals surface area contributed by atoms with E-state index in [1.165, 1.54) is 32.1 Å². The molecule has 0 aromatic carbocycles. The van der Waals surface area contributed by atoms with Gasteiger partial charge in [-0.05, 0) is 25.7 Å². The van der Waals surface area contributed by atoms with Crippen LogP contribution in [0.3, 0.4) is 0 Å². The van der Waals surface area contributed by atoms with E-state index in [2.05, 4.69) is 19.1 Å². The summed E-state index contributed by atoms with van der Waals surface area (Å²) in [5.41, 5.74) is 0. The Morgan fingerprint density at radius 2 is 1.24 bits per heavy atom. The number of allylic oxidation sites excluding steroid dienone is 2. The van der Waals surface area contributed by atoms with Crippen LogP contribution >= 0.6 is 0 Å². The van der Waals surface area contributed by atoms with Gasteiger partial charge in [0.15, 0.2) is 6.10 Å². The third-order valence-electron chi connectivity index (χ3n) is 4.38. The highest BCUT2D eigenvalue weighted by Crippen LogP contribution is 2.09. The first-order valence-corrected chi connectivity index (χ1v) is 11.2. The summed E-state index contributed by atoms with van der Waals surface area (Å²) in [4.78, 5) is 34.6. The Kier molecular flexibility index (Phi) is 18.2. The Hall–Kier alpha value is -1.85. The molecule has 6 nitrogen and oxygen atoms in total. The van der Waals surface area contributed by atoms with Crippen LogP contribution in [-0.4, -0.2) is 37.2 Å². The van der Waals surface area contributed by atoms with Gasteiger partial charge in [-0.2, -0.15) is 0 Å². The standard InChI is InChI=1S/C23H40O6/c1-4-7-8-9-10-11-12-13-14-15-16-17-23(26)28-19-20(29-22(25)6-3)18-27-21(24)5-2/h9-10,20H,4-8,11-19H2,1-3H3/b10-9-. The van der Waals surface area contributed by atoms with E-state index < -0.39 is 12.1 Å². The second-order valence-electron chi connectivity index (χ2n) is 7.11. The highest BCUT2D eigenvalue weighted by molar-refractivity contribution is 5.70. The molecule has 1 atom stereocenters. The van der Waals surface area contributed by atoms with Gasteiger partial charge in [0.1, 0.15) is 13.2 Å². The summed E-state index contributed by atoms with van der Waals surface area (Å²) in [6.45, 7) is 5.36. The molecule has 0 heterocycles. The Balaban J connectivity index is 3.84. The van der Waals surface area contributed by atoms with E-state index in [0.29, 0.717) is 6.42 Å². The molecule has 0 spiro atoms. The first-order chi connectivity index (χ1) is 14.0. The molecule has 0 amide bonds. The summed E-state index contributed by atoms with van der Waals surface area (Å²) in [6.07, 6.45) is 14.6. The van der Waals surface area contributed by atoms with E-state index in [-0.39, 0.29) is 38.0 Å². The minimum Gasteiger partial charge on any atom is -0.462 e. The SMILES string of the molecule is CCCC/C=C\CCCCCCCC(=O)OCC(COC(=O)CC)OC(=O)CC. The molecule has 29 heavy (non-hydrogen) atoms. The summed E-state index contributed by atoms with van der Waals surface area (Å²) in [5.74, 6) is -1.12. The number of carbonyl (C=O) groups is 3. The van der Waals surface area contributed by atoms with Gasteiger partial charge in [-0.15, -0.1) is 0 Å². The van der Waals surface area contributed by atoms with Crippen LogP contribution in [0.2, 0.25) is 0 Å².